The molecule has 0 nitrogen and oxygen atoms in total. The molecule has 0 fully saturated rings. The average Bonchev–Trinajstić information content (AvgIpc) is 2.29. The van der Waals surface area contributed by atoms with Crippen molar-refractivity contribution in [3.05, 3.63) is 70.2 Å². The van der Waals surface area contributed by atoms with Gasteiger partial charge in [0.25, 0.3) is 0 Å². The molecule has 1 atom stereocenters. The standard InChI is InChI=1S/C13H10BrCl/c14-12-8-4-7-11(9-12)13(15)10-5-2-1-3-6-10/h1-9,13H. The van der Waals surface area contributed by atoms with Gasteiger partial charge >= 0.3 is 0 Å². The van der Waals surface area contributed by atoms with Crippen molar-refractivity contribution in [3.63, 3.8) is 0 Å². The van der Waals surface area contributed by atoms with Crippen LogP contribution in [0.15, 0.2) is 59.1 Å². The first-order chi connectivity index (χ1) is 7.27. The van der Waals surface area contributed by atoms with Crippen LogP contribution in [0.5, 0.6) is 0 Å². The van der Waals surface area contributed by atoms with Crippen LogP contribution in [0.1, 0.15) is 16.5 Å². The highest BCUT2D eigenvalue weighted by molar-refractivity contribution is 9.10. The number of alkyl halides is 1. The van der Waals surface area contributed by atoms with E-state index in [1.807, 2.05) is 54.6 Å². The summed E-state index contributed by atoms with van der Waals surface area (Å²) >= 11 is 9.83. The SMILES string of the molecule is ClC(c1ccccc1)c1cccc(Br)c1. The van der Waals surface area contributed by atoms with E-state index in [9.17, 15) is 0 Å². The number of hydrogen-bond donors (Lipinski definition) is 0. The molecule has 0 saturated heterocycles. The fraction of sp³-hybridized carbons (Fsp3) is 0.0769. The number of benzene rings is 2. The molecule has 0 aliphatic carbocycles. The minimum Gasteiger partial charge on any atom is -0.113 e. The van der Waals surface area contributed by atoms with Crippen LogP contribution in [0.4, 0.5) is 0 Å². The lowest BCUT2D eigenvalue weighted by Gasteiger charge is -2.10. The maximum absolute atomic E-state index is 6.38. The second-order valence-electron chi connectivity index (χ2n) is 3.33. The summed E-state index contributed by atoms with van der Waals surface area (Å²) in [6, 6.07) is 18.2. The van der Waals surface area contributed by atoms with Gasteiger partial charge in [-0.1, -0.05) is 58.4 Å². The van der Waals surface area contributed by atoms with Crippen molar-refractivity contribution in [2.24, 2.45) is 0 Å². The van der Waals surface area contributed by atoms with Crippen molar-refractivity contribution in [1.82, 2.24) is 0 Å². The highest BCUT2D eigenvalue weighted by atomic mass is 79.9. The molecular weight excluding hydrogens is 271 g/mol. The Hall–Kier alpha value is -0.790. The Kier molecular flexibility index (Phi) is 3.45. The predicted molar refractivity (Wildman–Crippen MR) is 68.3 cm³/mol. The Morgan fingerprint density at radius 2 is 1.53 bits per heavy atom. The lowest BCUT2D eigenvalue weighted by Crippen LogP contribution is -1.92. The Balaban J connectivity index is 2.32. The molecular formula is C13H10BrCl. The Bertz CT molecular complexity index is 439. The Labute approximate surface area is 103 Å². The van der Waals surface area contributed by atoms with Gasteiger partial charge in [-0.25, -0.2) is 0 Å². The van der Waals surface area contributed by atoms with Crippen LogP contribution in [0.2, 0.25) is 0 Å². The number of halogens is 2. The van der Waals surface area contributed by atoms with E-state index in [0.29, 0.717) is 0 Å². The first-order valence-corrected chi connectivity index (χ1v) is 5.95. The molecule has 0 radical (unpaired) electrons. The fourth-order valence-electron chi connectivity index (χ4n) is 1.48. The molecule has 0 aliphatic heterocycles. The summed E-state index contributed by atoms with van der Waals surface area (Å²) < 4.78 is 1.06. The Morgan fingerprint density at radius 1 is 0.867 bits per heavy atom. The van der Waals surface area contributed by atoms with Crippen molar-refractivity contribution in [3.8, 4) is 0 Å². The van der Waals surface area contributed by atoms with Crippen LogP contribution < -0.4 is 0 Å². The van der Waals surface area contributed by atoms with Crippen LogP contribution in [-0.4, -0.2) is 0 Å². The van der Waals surface area contributed by atoms with Gasteiger partial charge in [-0.05, 0) is 23.3 Å². The molecule has 0 aliphatic rings. The molecule has 0 amide bonds. The van der Waals surface area contributed by atoms with Crippen molar-refractivity contribution >= 4 is 27.5 Å². The van der Waals surface area contributed by atoms with Crippen molar-refractivity contribution < 1.29 is 0 Å². The maximum Gasteiger partial charge on any atom is 0.0835 e. The molecule has 0 spiro atoms. The minimum atomic E-state index is -0.0799. The highest BCUT2D eigenvalue weighted by Gasteiger charge is 2.09. The fourth-order valence-corrected chi connectivity index (χ4v) is 2.18. The second-order valence-corrected chi connectivity index (χ2v) is 4.68. The average molecular weight is 282 g/mol. The summed E-state index contributed by atoms with van der Waals surface area (Å²) in [5, 5.41) is -0.0799. The van der Waals surface area contributed by atoms with Crippen molar-refractivity contribution in [2.45, 2.75) is 5.38 Å². The van der Waals surface area contributed by atoms with E-state index in [-0.39, 0.29) is 5.38 Å². The van der Waals surface area contributed by atoms with Gasteiger partial charge < -0.3 is 0 Å². The molecule has 0 heterocycles. The van der Waals surface area contributed by atoms with E-state index < -0.39 is 0 Å². The second kappa shape index (κ2) is 4.82. The smallest absolute Gasteiger partial charge is 0.0835 e. The first-order valence-electron chi connectivity index (χ1n) is 4.72. The topological polar surface area (TPSA) is 0 Å². The molecule has 0 N–H and O–H groups in total. The summed E-state index contributed by atoms with van der Waals surface area (Å²) in [6.45, 7) is 0. The zero-order chi connectivity index (χ0) is 10.7. The van der Waals surface area contributed by atoms with Gasteiger partial charge in [-0.3, -0.25) is 0 Å². The van der Waals surface area contributed by atoms with Gasteiger partial charge in [-0.2, -0.15) is 0 Å². The number of hydrogen-bond acceptors (Lipinski definition) is 0. The van der Waals surface area contributed by atoms with Crippen LogP contribution >= 0.6 is 27.5 Å². The van der Waals surface area contributed by atoms with Gasteiger partial charge in [-0.15, -0.1) is 11.6 Å². The molecule has 2 aromatic carbocycles. The van der Waals surface area contributed by atoms with Gasteiger partial charge in [0, 0.05) is 4.47 Å². The van der Waals surface area contributed by atoms with E-state index in [2.05, 4.69) is 15.9 Å². The molecule has 0 aromatic heterocycles. The monoisotopic (exact) mass is 280 g/mol. The molecule has 1 unspecified atom stereocenters. The minimum absolute atomic E-state index is 0.0799. The van der Waals surface area contributed by atoms with Crippen molar-refractivity contribution in [2.75, 3.05) is 0 Å². The molecule has 2 aromatic rings. The molecule has 0 saturated carbocycles. The lowest BCUT2D eigenvalue weighted by atomic mass is 10.0. The third kappa shape index (κ3) is 2.61. The Morgan fingerprint density at radius 3 is 2.20 bits per heavy atom. The summed E-state index contributed by atoms with van der Waals surface area (Å²) in [5.74, 6) is 0. The van der Waals surface area contributed by atoms with Gasteiger partial charge in [0.15, 0.2) is 0 Å². The van der Waals surface area contributed by atoms with Crippen LogP contribution in [0.25, 0.3) is 0 Å². The van der Waals surface area contributed by atoms with E-state index in [1.165, 1.54) is 0 Å². The van der Waals surface area contributed by atoms with Crippen molar-refractivity contribution in [1.29, 1.82) is 0 Å². The molecule has 76 valence electrons. The van der Waals surface area contributed by atoms with Crippen LogP contribution in [0.3, 0.4) is 0 Å². The largest absolute Gasteiger partial charge is 0.113 e. The predicted octanol–water partition coefficient (Wildman–Crippen LogP) is 4.78. The van der Waals surface area contributed by atoms with Crippen LogP contribution in [0, 0.1) is 0 Å². The maximum atomic E-state index is 6.38. The normalized spacial score (nSPS) is 12.4. The zero-order valence-electron chi connectivity index (χ0n) is 8.03. The van der Waals surface area contributed by atoms with E-state index in [4.69, 9.17) is 11.6 Å². The van der Waals surface area contributed by atoms with E-state index >= 15 is 0 Å². The highest BCUT2D eigenvalue weighted by Crippen LogP contribution is 2.29. The summed E-state index contributed by atoms with van der Waals surface area (Å²) in [7, 11) is 0. The molecule has 15 heavy (non-hydrogen) atoms. The number of rotatable bonds is 2. The third-order valence-corrected chi connectivity index (χ3v) is 3.23. The van der Waals surface area contributed by atoms with Gasteiger partial charge in [0.05, 0.1) is 5.38 Å². The summed E-state index contributed by atoms with van der Waals surface area (Å²) in [5.41, 5.74) is 2.23. The lowest BCUT2D eigenvalue weighted by molar-refractivity contribution is 1.14. The first kappa shape index (κ1) is 10.7. The molecule has 2 heteroatoms. The van der Waals surface area contributed by atoms with E-state index in [0.717, 1.165) is 15.6 Å². The van der Waals surface area contributed by atoms with E-state index in [1.54, 1.807) is 0 Å². The molecule has 0 bridgehead atoms. The van der Waals surface area contributed by atoms with Gasteiger partial charge in [0.2, 0.25) is 0 Å². The van der Waals surface area contributed by atoms with Crippen LogP contribution in [-0.2, 0) is 0 Å². The zero-order valence-corrected chi connectivity index (χ0v) is 10.4. The van der Waals surface area contributed by atoms with Gasteiger partial charge in [0.1, 0.15) is 0 Å². The third-order valence-electron chi connectivity index (χ3n) is 2.23. The summed E-state index contributed by atoms with van der Waals surface area (Å²) in [6.07, 6.45) is 0. The summed E-state index contributed by atoms with van der Waals surface area (Å²) in [4.78, 5) is 0. The quantitative estimate of drug-likeness (QED) is 0.695. The molecule has 2 rings (SSSR count).